The molecule has 0 unspecified atom stereocenters. The predicted octanol–water partition coefficient (Wildman–Crippen LogP) is 6.42. The van der Waals surface area contributed by atoms with Gasteiger partial charge in [0, 0.05) is 78.5 Å². The van der Waals surface area contributed by atoms with Crippen molar-refractivity contribution in [1.29, 1.82) is 0 Å². The van der Waals surface area contributed by atoms with Crippen LogP contribution in [0, 0.1) is 35.5 Å². The third-order valence-electron chi connectivity index (χ3n) is 15.5. The fraction of sp³-hybridized carbons (Fsp3) is 0.750. The van der Waals surface area contributed by atoms with Crippen LogP contribution < -0.4 is 0 Å². The summed E-state index contributed by atoms with van der Waals surface area (Å²) in [5.74, 6) is -8.34. The van der Waals surface area contributed by atoms with Crippen LogP contribution in [0.4, 0.5) is 0 Å². The highest BCUT2D eigenvalue weighted by Crippen LogP contribution is 2.38. The van der Waals surface area contributed by atoms with Gasteiger partial charge in [0.05, 0.1) is 24.4 Å². The predicted molar refractivity (Wildman–Crippen MR) is 272 cm³/mol. The zero-order valence-electron chi connectivity index (χ0n) is 45.1. The zero-order chi connectivity index (χ0) is 53.4. The van der Waals surface area contributed by atoms with Crippen LogP contribution >= 0.6 is 0 Å². The minimum Gasteiger partial charge on any atom is -0.460 e. The second-order valence-electron chi connectivity index (χ2n) is 21.6. The van der Waals surface area contributed by atoms with E-state index in [4.69, 9.17) is 23.7 Å². The molecule has 72 heavy (non-hydrogen) atoms. The van der Waals surface area contributed by atoms with Gasteiger partial charge in [-0.3, -0.25) is 24.0 Å². The number of fused-ring (bicyclic) bond motifs is 3. The number of amides is 2. The number of piperidine rings is 1. The molecule has 2 amide bonds. The summed E-state index contributed by atoms with van der Waals surface area (Å²) < 4.78 is 30.1. The van der Waals surface area contributed by atoms with Crippen molar-refractivity contribution in [3.8, 4) is 0 Å². The van der Waals surface area contributed by atoms with Crippen molar-refractivity contribution >= 4 is 35.1 Å². The van der Waals surface area contributed by atoms with Crippen LogP contribution in [0.2, 0.25) is 0 Å². The lowest BCUT2D eigenvalue weighted by Crippen LogP contribution is -2.61. The number of carbonyl (C=O) groups excluding carboxylic acids is 6. The molecular weight excluding hydrogens is 925 g/mol. The first-order valence-corrected chi connectivity index (χ1v) is 26.5. The molecule has 4 aliphatic rings. The third-order valence-corrected chi connectivity index (χ3v) is 15.5. The molecule has 16 heteroatoms. The maximum atomic E-state index is 14.5. The van der Waals surface area contributed by atoms with E-state index in [-0.39, 0.29) is 80.2 Å². The lowest BCUT2D eigenvalue weighted by atomic mass is 9.78. The van der Waals surface area contributed by atoms with Crippen molar-refractivity contribution in [3.05, 3.63) is 47.6 Å². The number of aliphatic hydroxyl groups is 3. The van der Waals surface area contributed by atoms with Crippen LogP contribution in [0.25, 0.3) is 0 Å². The van der Waals surface area contributed by atoms with Crippen LogP contribution in [0.1, 0.15) is 138 Å². The third kappa shape index (κ3) is 16.8. The second kappa shape index (κ2) is 28.7. The number of ether oxygens (including phenoxy) is 5. The number of rotatable bonds is 10. The lowest BCUT2D eigenvalue weighted by molar-refractivity contribution is -0.266. The molecule has 2 saturated heterocycles. The molecule has 0 spiro atoms. The summed E-state index contributed by atoms with van der Waals surface area (Å²) in [6, 6.07) is -1.17. The Hall–Kier alpha value is -3.90. The van der Waals surface area contributed by atoms with E-state index in [1.807, 2.05) is 51.2 Å². The van der Waals surface area contributed by atoms with Crippen molar-refractivity contribution in [1.82, 2.24) is 9.80 Å². The van der Waals surface area contributed by atoms with Crippen molar-refractivity contribution in [2.75, 3.05) is 41.5 Å². The molecule has 0 aromatic carbocycles. The molecule has 3 heterocycles. The molecule has 4 rings (SSSR count). The highest BCUT2D eigenvalue weighted by molar-refractivity contribution is 6.39. The number of cyclic esters (lactones) is 1. The summed E-state index contributed by atoms with van der Waals surface area (Å²) in [4.78, 5) is 86.4. The number of Topliss-reactive ketones (excluding diaryl/α,β-unsaturated/α-hetero) is 3. The molecule has 3 aliphatic heterocycles. The summed E-state index contributed by atoms with van der Waals surface area (Å²) in [6.45, 7) is 12.9. The fourth-order valence-corrected chi connectivity index (χ4v) is 10.7. The molecule has 0 aromatic rings. The topological polar surface area (TPSA) is 216 Å². The van der Waals surface area contributed by atoms with Gasteiger partial charge in [-0.25, -0.2) is 4.79 Å². The fourth-order valence-electron chi connectivity index (χ4n) is 10.7. The van der Waals surface area contributed by atoms with Crippen LogP contribution in [-0.4, -0.2) is 156 Å². The first kappa shape index (κ1) is 60.7. The molecule has 15 atom stereocenters. The van der Waals surface area contributed by atoms with Gasteiger partial charge in [-0.1, -0.05) is 71.1 Å². The molecule has 3 N–H and O–H groups in total. The van der Waals surface area contributed by atoms with E-state index in [1.165, 1.54) is 16.9 Å². The van der Waals surface area contributed by atoms with E-state index in [2.05, 4.69) is 0 Å². The quantitative estimate of drug-likeness (QED) is 0.0933. The average Bonchev–Trinajstić information content (AvgIpc) is 3.35. The number of nitrogens with zero attached hydrogens (tertiary/aromatic N) is 2. The van der Waals surface area contributed by atoms with Crippen molar-refractivity contribution in [3.63, 3.8) is 0 Å². The Morgan fingerprint density at radius 3 is 2.31 bits per heavy atom. The molecule has 1 saturated carbocycles. The number of ketones is 3. The molecule has 0 radical (unpaired) electrons. The first-order valence-electron chi connectivity index (χ1n) is 26.5. The van der Waals surface area contributed by atoms with Crippen LogP contribution in [0.3, 0.4) is 0 Å². The van der Waals surface area contributed by atoms with Gasteiger partial charge >= 0.3 is 5.97 Å². The van der Waals surface area contributed by atoms with Gasteiger partial charge in [0.1, 0.15) is 30.1 Å². The molecule has 0 aromatic heterocycles. The molecule has 1 aliphatic carbocycles. The highest BCUT2D eigenvalue weighted by Gasteiger charge is 2.53. The van der Waals surface area contributed by atoms with E-state index < -0.39 is 83.9 Å². The maximum absolute atomic E-state index is 14.5. The average molecular weight is 1010 g/mol. The van der Waals surface area contributed by atoms with Gasteiger partial charge < -0.3 is 48.8 Å². The van der Waals surface area contributed by atoms with Gasteiger partial charge in [0.15, 0.2) is 5.78 Å². The number of esters is 1. The number of carbonyl (C=O) groups is 6. The normalized spacial score (nSPS) is 37.6. The van der Waals surface area contributed by atoms with E-state index in [1.54, 1.807) is 55.0 Å². The highest BCUT2D eigenvalue weighted by atomic mass is 16.6. The molecule has 3 fully saturated rings. The summed E-state index contributed by atoms with van der Waals surface area (Å²) in [5, 5.41) is 34.2. The second-order valence-corrected chi connectivity index (χ2v) is 21.6. The van der Waals surface area contributed by atoms with Gasteiger partial charge in [-0.15, -0.1) is 0 Å². The summed E-state index contributed by atoms with van der Waals surface area (Å²) >= 11 is 0. The van der Waals surface area contributed by atoms with E-state index in [0.29, 0.717) is 69.8 Å². The monoisotopic (exact) mass is 1010 g/mol. The zero-order valence-corrected chi connectivity index (χ0v) is 45.1. The van der Waals surface area contributed by atoms with E-state index in [9.17, 15) is 44.1 Å². The van der Waals surface area contributed by atoms with Crippen LogP contribution in [0.5, 0.6) is 0 Å². The minimum atomic E-state index is -2.49. The van der Waals surface area contributed by atoms with Gasteiger partial charge in [0.25, 0.3) is 11.7 Å². The summed E-state index contributed by atoms with van der Waals surface area (Å²) in [7, 11) is 6.32. The van der Waals surface area contributed by atoms with Gasteiger partial charge in [-0.05, 0) is 113 Å². The lowest BCUT2D eigenvalue weighted by Gasteiger charge is -2.43. The Morgan fingerprint density at radius 2 is 1.62 bits per heavy atom. The maximum Gasteiger partial charge on any atom is 0.329 e. The number of methoxy groups -OCH3 is 2. The SMILES string of the molecule is CO[C@@H]1C[C@H](C[C@@H](C)[C@@H]2CC(=O)[C@H](C)/C=C(\C)[C@@H](O)[C@@H](OC)C(=O)[C@H](C)C[C@H](C)/C=C/C=C/C=C(\C)[C@@H](OCCCC(=O)N(C)C)C[C@@H]3CC[C@@H](C)[C@@](O)(O3)C(=O)C(=O)N3CCCC[C@H]3C(=O)O2)CC[C@H]1O. The Balaban J connectivity index is 1.72. The number of hydrogen-bond donors (Lipinski definition) is 3. The Kier molecular flexibility index (Phi) is 24.2. The summed E-state index contributed by atoms with van der Waals surface area (Å²) in [6.07, 6.45) is 11.2. The Labute approximate surface area is 428 Å². The van der Waals surface area contributed by atoms with Gasteiger partial charge in [0.2, 0.25) is 11.7 Å². The number of aliphatic hydroxyl groups excluding tert-OH is 2. The van der Waals surface area contributed by atoms with E-state index in [0.717, 1.165) is 5.57 Å². The van der Waals surface area contributed by atoms with Crippen LogP contribution in [0.15, 0.2) is 47.6 Å². The Morgan fingerprint density at radius 1 is 0.903 bits per heavy atom. The summed E-state index contributed by atoms with van der Waals surface area (Å²) in [5.41, 5.74) is 1.20. The standard InChI is InChI=1S/C56H88N2O14/c1-34-18-13-12-14-19-35(2)46(70-27-17-21-49(61)57(8)9)32-42-24-22-40(7)56(67,72-42)53(64)54(65)58-26-16-15-20-43(58)55(66)71-47(37(4)30-41-23-25-44(59)48(31-41)68-10)33-45(60)36(3)29-39(6)51(63)52(69-11)50(62)38(5)28-34/h12-14,18-19,29,34,36-38,40-44,46-48,51-52,59,63,67H,15-17,20-28,30-33H2,1-11H3/b14-12+,18-13+,35-19+,39-29+/t34-,36-,37-,38-,40-,41+,42+,43+,44-,46+,47+,48-,51-,52+,56-/m1/s1. The molecular formula is C56H88N2O14. The first-order chi connectivity index (χ1) is 34.0. The number of hydrogen-bond acceptors (Lipinski definition) is 14. The van der Waals surface area contributed by atoms with Crippen molar-refractivity contribution in [2.24, 2.45) is 35.5 Å². The molecule has 16 nitrogen and oxygen atoms in total. The van der Waals surface area contributed by atoms with Crippen molar-refractivity contribution in [2.45, 2.75) is 193 Å². The van der Waals surface area contributed by atoms with Crippen molar-refractivity contribution < 1.29 is 67.8 Å². The van der Waals surface area contributed by atoms with Crippen LogP contribution in [-0.2, 0) is 52.5 Å². The van der Waals surface area contributed by atoms with E-state index >= 15 is 0 Å². The molecule has 406 valence electrons. The largest absolute Gasteiger partial charge is 0.460 e. The molecule has 2 bridgehead atoms. The minimum absolute atomic E-state index is 0.0184. The number of allylic oxidation sites excluding steroid dienone is 6. The Bertz CT molecular complexity index is 1960. The smallest absolute Gasteiger partial charge is 0.329 e. The van der Waals surface area contributed by atoms with Gasteiger partial charge in [-0.2, -0.15) is 0 Å².